The molecule has 0 radical (unpaired) electrons. The summed E-state index contributed by atoms with van der Waals surface area (Å²) in [7, 11) is 0. The third-order valence-electron chi connectivity index (χ3n) is 2.16. The summed E-state index contributed by atoms with van der Waals surface area (Å²) in [5, 5.41) is 12.6. The van der Waals surface area contributed by atoms with E-state index in [4.69, 9.17) is 0 Å². The maximum absolute atomic E-state index is 11.9. The molecule has 2 aromatic heterocycles. The van der Waals surface area contributed by atoms with Crippen molar-refractivity contribution in [1.82, 2.24) is 9.38 Å². The van der Waals surface area contributed by atoms with Crippen molar-refractivity contribution in [3.05, 3.63) is 43.8 Å². The highest BCUT2D eigenvalue weighted by Crippen LogP contribution is 2.16. The van der Waals surface area contributed by atoms with Gasteiger partial charge in [0.15, 0.2) is 4.96 Å². The van der Waals surface area contributed by atoms with E-state index in [2.05, 4.69) is 4.98 Å². The molecule has 7 heteroatoms. The summed E-state index contributed by atoms with van der Waals surface area (Å²) in [5.74, 6) is 0. The first-order valence-corrected chi connectivity index (χ1v) is 5.84. The molecule has 0 saturated carbocycles. The zero-order valence-corrected chi connectivity index (χ0v) is 9.81. The van der Waals surface area contributed by atoms with E-state index in [1.54, 1.807) is 11.5 Å². The molecule has 0 fully saturated rings. The molecule has 0 aromatic carbocycles. The number of fused-ring (bicyclic) bond motifs is 1. The van der Waals surface area contributed by atoms with E-state index in [1.165, 1.54) is 28.0 Å². The minimum Gasteiger partial charge on any atom is -0.261 e. The Bertz CT molecular complexity index is 656. The van der Waals surface area contributed by atoms with Gasteiger partial charge in [-0.05, 0) is 12.5 Å². The van der Waals surface area contributed by atoms with Crippen LogP contribution in [0.15, 0.2) is 22.4 Å². The second-order valence-electron chi connectivity index (χ2n) is 3.27. The number of hydrogen-bond donors (Lipinski definition) is 0. The lowest BCUT2D eigenvalue weighted by molar-refractivity contribution is -0.386. The molecule has 0 aliphatic rings. The molecule has 17 heavy (non-hydrogen) atoms. The summed E-state index contributed by atoms with van der Waals surface area (Å²) in [4.78, 5) is 26.6. The van der Waals surface area contributed by atoms with Crippen LogP contribution in [0.2, 0.25) is 0 Å². The molecule has 0 amide bonds. The summed E-state index contributed by atoms with van der Waals surface area (Å²) in [5.41, 5.74) is -1.01. The standard InChI is InChI=1S/C10H9N3O3S/c1-2-3-4-7-8(13(15)16)9(14)12-5-6-17-10(12)11-7/h3-6H,2H2,1H3/b4-3+. The van der Waals surface area contributed by atoms with Crippen LogP contribution in [0.3, 0.4) is 0 Å². The molecule has 2 aromatic rings. The quantitative estimate of drug-likeness (QED) is 0.618. The van der Waals surface area contributed by atoms with Gasteiger partial charge in [0.05, 0.1) is 4.92 Å². The van der Waals surface area contributed by atoms with Crippen molar-refractivity contribution in [3.63, 3.8) is 0 Å². The lowest BCUT2D eigenvalue weighted by Crippen LogP contribution is -2.18. The Balaban J connectivity index is 2.80. The van der Waals surface area contributed by atoms with Crippen molar-refractivity contribution < 1.29 is 4.92 Å². The van der Waals surface area contributed by atoms with Gasteiger partial charge in [-0.1, -0.05) is 13.0 Å². The van der Waals surface area contributed by atoms with Crippen LogP contribution in [0.5, 0.6) is 0 Å². The van der Waals surface area contributed by atoms with Crippen LogP contribution in [-0.2, 0) is 0 Å². The third kappa shape index (κ3) is 1.96. The number of aromatic nitrogens is 2. The molecule has 0 aliphatic heterocycles. The normalized spacial score (nSPS) is 11.4. The van der Waals surface area contributed by atoms with Gasteiger partial charge in [-0.3, -0.25) is 19.3 Å². The fourth-order valence-corrected chi connectivity index (χ4v) is 2.12. The van der Waals surface area contributed by atoms with Crippen molar-refractivity contribution in [2.24, 2.45) is 0 Å². The van der Waals surface area contributed by atoms with Crippen molar-refractivity contribution in [3.8, 4) is 0 Å². The molecule has 88 valence electrons. The molecule has 0 spiro atoms. The topological polar surface area (TPSA) is 77.5 Å². The van der Waals surface area contributed by atoms with Crippen LogP contribution < -0.4 is 5.56 Å². The second kappa shape index (κ2) is 4.46. The average molecular weight is 251 g/mol. The van der Waals surface area contributed by atoms with Gasteiger partial charge in [0.2, 0.25) is 0 Å². The molecular formula is C10H9N3O3S. The molecule has 2 rings (SSSR count). The van der Waals surface area contributed by atoms with Crippen LogP contribution in [0.1, 0.15) is 19.0 Å². The van der Waals surface area contributed by atoms with Gasteiger partial charge in [-0.2, -0.15) is 0 Å². The van der Waals surface area contributed by atoms with E-state index in [0.717, 1.165) is 6.42 Å². The molecule has 0 unspecified atom stereocenters. The van der Waals surface area contributed by atoms with Gasteiger partial charge >= 0.3 is 11.2 Å². The number of hydrogen-bond acceptors (Lipinski definition) is 5. The minimum absolute atomic E-state index is 0.115. The Labute approximate surface area is 100 Å². The lowest BCUT2D eigenvalue weighted by atomic mass is 10.3. The van der Waals surface area contributed by atoms with E-state index in [0.29, 0.717) is 4.96 Å². The molecule has 0 bridgehead atoms. The maximum Gasteiger partial charge on any atom is 0.359 e. The van der Waals surface area contributed by atoms with Crippen LogP contribution in [0, 0.1) is 10.1 Å². The highest BCUT2D eigenvalue weighted by Gasteiger charge is 2.21. The Morgan fingerprint density at radius 1 is 1.65 bits per heavy atom. The Morgan fingerprint density at radius 2 is 2.41 bits per heavy atom. The summed E-state index contributed by atoms with van der Waals surface area (Å²) in [6.07, 6.45) is 5.45. The Hall–Kier alpha value is -2.02. The van der Waals surface area contributed by atoms with Gasteiger partial charge in [-0.15, -0.1) is 11.3 Å². The zero-order valence-electron chi connectivity index (χ0n) is 8.99. The Morgan fingerprint density at radius 3 is 3.06 bits per heavy atom. The fourth-order valence-electron chi connectivity index (χ4n) is 1.40. The predicted octanol–water partition coefficient (Wildman–Crippen LogP) is 2.09. The summed E-state index contributed by atoms with van der Waals surface area (Å²) >= 11 is 1.26. The van der Waals surface area contributed by atoms with E-state index >= 15 is 0 Å². The van der Waals surface area contributed by atoms with Crippen molar-refractivity contribution in [2.75, 3.05) is 0 Å². The van der Waals surface area contributed by atoms with E-state index in [9.17, 15) is 14.9 Å². The first-order valence-electron chi connectivity index (χ1n) is 4.96. The number of thiazole rings is 1. The molecule has 0 saturated heterocycles. The zero-order chi connectivity index (χ0) is 12.4. The first-order chi connectivity index (χ1) is 8.15. The van der Waals surface area contributed by atoms with Crippen LogP contribution in [0.25, 0.3) is 11.0 Å². The number of nitrogens with zero attached hydrogens (tertiary/aromatic N) is 3. The van der Waals surface area contributed by atoms with E-state index in [-0.39, 0.29) is 5.69 Å². The van der Waals surface area contributed by atoms with Gasteiger partial charge in [0.1, 0.15) is 5.69 Å². The monoisotopic (exact) mass is 251 g/mol. The summed E-state index contributed by atoms with van der Waals surface area (Å²) < 4.78 is 1.19. The fraction of sp³-hybridized carbons (Fsp3) is 0.200. The van der Waals surface area contributed by atoms with Gasteiger partial charge in [0.25, 0.3) is 0 Å². The SMILES string of the molecule is CC/C=C/c1nc2sccn2c(=O)c1[N+](=O)[O-]. The number of nitro groups is 1. The summed E-state index contributed by atoms with van der Waals surface area (Å²) in [6, 6.07) is 0. The van der Waals surface area contributed by atoms with Gasteiger partial charge in [0, 0.05) is 11.6 Å². The number of allylic oxidation sites excluding steroid dienone is 1. The smallest absolute Gasteiger partial charge is 0.261 e. The summed E-state index contributed by atoms with van der Waals surface area (Å²) in [6.45, 7) is 1.90. The van der Waals surface area contributed by atoms with Crippen LogP contribution in [-0.4, -0.2) is 14.3 Å². The molecule has 0 N–H and O–H groups in total. The molecule has 0 aliphatic carbocycles. The lowest BCUT2D eigenvalue weighted by Gasteiger charge is -1.97. The first kappa shape index (κ1) is 11.5. The van der Waals surface area contributed by atoms with Gasteiger partial charge in [-0.25, -0.2) is 4.98 Å². The number of rotatable bonds is 3. The van der Waals surface area contributed by atoms with Crippen molar-refractivity contribution in [2.45, 2.75) is 13.3 Å². The van der Waals surface area contributed by atoms with Crippen molar-refractivity contribution in [1.29, 1.82) is 0 Å². The highest BCUT2D eigenvalue weighted by atomic mass is 32.1. The molecule has 6 nitrogen and oxygen atoms in total. The average Bonchev–Trinajstić information content (AvgIpc) is 2.74. The Kier molecular flexibility index (Phi) is 3.01. The van der Waals surface area contributed by atoms with Gasteiger partial charge < -0.3 is 0 Å². The largest absolute Gasteiger partial charge is 0.359 e. The molecule has 2 heterocycles. The van der Waals surface area contributed by atoms with E-state index < -0.39 is 16.2 Å². The van der Waals surface area contributed by atoms with Crippen LogP contribution >= 0.6 is 11.3 Å². The third-order valence-corrected chi connectivity index (χ3v) is 2.92. The van der Waals surface area contributed by atoms with Crippen LogP contribution in [0.4, 0.5) is 5.69 Å². The highest BCUT2D eigenvalue weighted by molar-refractivity contribution is 7.15. The second-order valence-corrected chi connectivity index (χ2v) is 4.15. The molecular weight excluding hydrogens is 242 g/mol. The maximum atomic E-state index is 11.9. The van der Waals surface area contributed by atoms with E-state index in [1.807, 2.05) is 6.92 Å². The molecule has 0 atom stereocenters. The predicted molar refractivity (Wildman–Crippen MR) is 65.3 cm³/mol. The van der Waals surface area contributed by atoms with Crippen molar-refractivity contribution >= 4 is 28.1 Å². The minimum atomic E-state index is -0.686.